The number of quaternary nitrogens is 2. The number of halogens is 2. The zero-order valence-electron chi connectivity index (χ0n) is 46.0. The van der Waals surface area contributed by atoms with Gasteiger partial charge in [0.1, 0.15) is 38.5 Å². The molecule has 0 aromatic carbocycles. The normalized spacial score (nSPS) is 12.7. The molecular weight excluding hydrogens is 996 g/mol. The van der Waals surface area contributed by atoms with Crippen molar-refractivity contribution in [3.05, 3.63) is 24.3 Å². The predicted molar refractivity (Wildman–Crippen MR) is 287 cm³/mol. The van der Waals surface area contributed by atoms with E-state index in [0.717, 1.165) is 116 Å². The van der Waals surface area contributed by atoms with Crippen molar-refractivity contribution in [2.75, 3.05) is 74.2 Å². The first-order valence-electron chi connectivity index (χ1n) is 26.5. The van der Waals surface area contributed by atoms with Gasteiger partial charge < -0.3 is 72.8 Å². The molecule has 0 rings (SSSR count). The molecule has 4 unspecified atom stereocenters. The number of carbonyl (C=O) groups is 6. The van der Waals surface area contributed by atoms with Gasteiger partial charge in [0.25, 0.3) is 0 Å². The molecular formula is C56H108Cl2N2O14. The summed E-state index contributed by atoms with van der Waals surface area (Å²) in [5.74, 6) is -2.24. The first-order chi connectivity index (χ1) is 33.2. The first-order valence-corrected chi connectivity index (χ1v) is 26.5. The lowest BCUT2D eigenvalue weighted by molar-refractivity contribution is -0.883. The third-order valence-electron chi connectivity index (χ3n) is 11.6. The molecule has 0 aliphatic heterocycles. The van der Waals surface area contributed by atoms with Crippen LogP contribution in [0, 0.1) is 0 Å². The number of likely N-dealkylation sites (N-methyl/N-ethyl adjacent to an activating group) is 2. The fourth-order valence-corrected chi connectivity index (χ4v) is 7.37. The summed E-state index contributed by atoms with van der Waals surface area (Å²) >= 11 is 0. The lowest BCUT2D eigenvalue weighted by Crippen LogP contribution is -3.00. The van der Waals surface area contributed by atoms with Crippen molar-refractivity contribution in [1.82, 2.24) is 0 Å². The number of aliphatic hydroxyl groups is 2. The van der Waals surface area contributed by atoms with Gasteiger partial charge >= 0.3 is 35.8 Å². The maximum atomic E-state index is 12.6. The summed E-state index contributed by atoms with van der Waals surface area (Å²) in [5, 5.41) is 30.0. The Kier molecular flexibility index (Phi) is 58.9. The lowest BCUT2D eigenvalue weighted by Gasteiger charge is -2.30. The number of aliphatic carboxylic acids is 1. The Morgan fingerprint density at radius 3 is 1.20 bits per heavy atom. The Morgan fingerprint density at radius 2 is 0.851 bits per heavy atom. The van der Waals surface area contributed by atoms with Crippen LogP contribution in [-0.4, -0.2) is 159 Å². The predicted octanol–water partition coefficient (Wildman–Crippen LogP) is 4.24. The summed E-state index contributed by atoms with van der Waals surface area (Å²) < 4.78 is 27.0. The van der Waals surface area contributed by atoms with Crippen LogP contribution < -0.4 is 24.8 Å². The van der Waals surface area contributed by atoms with Crippen LogP contribution in [0.15, 0.2) is 24.3 Å². The number of hydrogen-bond donors (Lipinski definition) is 3. The number of rotatable bonds is 43. The second kappa shape index (κ2) is 53.1. The zero-order chi connectivity index (χ0) is 53.1. The van der Waals surface area contributed by atoms with Crippen molar-refractivity contribution >= 4 is 35.8 Å². The van der Waals surface area contributed by atoms with Crippen LogP contribution in [0.3, 0.4) is 0 Å². The number of nitrogens with zero attached hydrogens (tertiary/aromatic N) is 2. The summed E-state index contributed by atoms with van der Waals surface area (Å²) in [5.41, 5.74) is 0. The van der Waals surface area contributed by atoms with Crippen molar-refractivity contribution in [2.45, 2.75) is 228 Å². The van der Waals surface area contributed by atoms with Gasteiger partial charge in [0.2, 0.25) is 0 Å². The molecule has 18 heteroatoms. The van der Waals surface area contributed by atoms with Crippen LogP contribution >= 0.6 is 0 Å². The van der Waals surface area contributed by atoms with Crippen molar-refractivity contribution < 1.29 is 102 Å². The van der Waals surface area contributed by atoms with Gasteiger partial charge in [0.05, 0.1) is 47.0 Å². The smallest absolute Gasteiger partial charge is 0.362 e. The van der Waals surface area contributed by atoms with E-state index in [1.807, 2.05) is 47.3 Å². The minimum atomic E-state index is -0.746. The number of carboxylic acid groups (broad SMARTS) is 1. The third-order valence-corrected chi connectivity index (χ3v) is 11.6. The van der Waals surface area contributed by atoms with Crippen LogP contribution in [-0.2, 0) is 52.5 Å². The molecule has 0 aliphatic rings. The van der Waals surface area contributed by atoms with Gasteiger partial charge in [0, 0.05) is 26.7 Å². The highest BCUT2D eigenvalue weighted by molar-refractivity contribution is 5.71. The fraction of sp³-hybridized carbons (Fsp3) is 0.821. The number of esters is 5. The summed E-state index contributed by atoms with van der Waals surface area (Å²) in [4.78, 5) is 68.9. The van der Waals surface area contributed by atoms with E-state index in [2.05, 4.69) is 26.0 Å². The molecule has 440 valence electrons. The van der Waals surface area contributed by atoms with E-state index in [0.29, 0.717) is 60.8 Å². The van der Waals surface area contributed by atoms with Gasteiger partial charge in [-0.25, -0.2) is 9.59 Å². The fourth-order valence-electron chi connectivity index (χ4n) is 7.37. The molecule has 3 N–H and O–H groups in total. The molecule has 0 aliphatic carbocycles. The highest BCUT2D eigenvalue weighted by Crippen LogP contribution is 2.18. The van der Waals surface area contributed by atoms with Crippen LogP contribution in [0.2, 0.25) is 0 Å². The number of aliphatic hydroxyl groups excluding tert-OH is 2. The molecule has 16 nitrogen and oxygen atoms in total. The van der Waals surface area contributed by atoms with Crippen molar-refractivity contribution in [3.8, 4) is 0 Å². The second-order valence-corrected chi connectivity index (χ2v) is 19.7. The van der Waals surface area contributed by atoms with E-state index in [-0.39, 0.29) is 102 Å². The van der Waals surface area contributed by atoms with E-state index >= 15 is 0 Å². The van der Waals surface area contributed by atoms with E-state index in [4.69, 9.17) is 28.8 Å². The second-order valence-electron chi connectivity index (χ2n) is 19.7. The van der Waals surface area contributed by atoms with Crippen LogP contribution in [0.1, 0.15) is 204 Å². The Labute approximate surface area is 462 Å². The quantitative estimate of drug-likeness (QED) is 0.0257. The number of carbonyl (C=O) groups excluding carboxylic acids is 5. The monoisotopic (exact) mass is 1100 g/mol. The third kappa shape index (κ3) is 55.0. The van der Waals surface area contributed by atoms with Gasteiger partial charge in [-0.3, -0.25) is 19.2 Å². The zero-order valence-corrected chi connectivity index (χ0v) is 47.5. The molecule has 0 heterocycles. The van der Waals surface area contributed by atoms with Gasteiger partial charge in [0.15, 0.2) is 13.1 Å². The van der Waals surface area contributed by atoms with Crippen LogP contribution in [0.5, 0.6) is 0 Å². The molecule has 0 aromatic rings. The van der Waals surface area contributed by atoms with Gasteiger partial charge in [-0.2, -0.15) is 0 Å². The van der Waals surface area contributed by atoms with Gasteiger partial charge in [-0.1, -0.05) is 117 Å². The van der Waals surface area contributed by atoms with E-state index in [1.165, 1.54) is 13.8 Å². The first kappa shape index (κ1) is 82.1. The minimum absolute atomic E-state index is 0. The Hall–Kier alpha value is -3.28. The summed E-state index contributed by atoms with van der Waals surface area (Å²) in [6.07, 6.45) is 26.2. The van der Waals surface area contributed by atoms with Crippen molar-refractivity contribution in [3.63, 3.8) is 0 Å². The molecule has 74 heavy (non-hydrogen) atoms. The number of carboxylic acids is 1. The number of ether oxygens (including phenoxy) is 5. The van der Waals surface area contributed by atoms with Crippen molar-refractivity contribution in [2.24, 2.45) is 0 Å². The standard InChI is InChI=1S/C28H52NO7.C26H47NO7.2CH4.2ClH/c1-6-8-15-19-26(36-28(33)23-29(4,5)21-22-35-24(3)30)25(31)18-16-13-11-9-10-12-14-17-20-27(32)34-7-2;1-5-6-13-17-24(34-26(32)21-27(3,4)19-20-33-22(2)28)23(29)16-14-11-9-7-8-10-12-15-18-25(30)31;;;;/h13,16,25-26,31H,6-12,14-15,17-23H2,1-5H3;11,14,23-24,29H,5-10,12-13,15-21H2,1-4H3;2*1H4;2*1H/q+1;;;;;/p-1/b16-13-;14-11-;;;;. The highest BCUT2D eigenvalue weighted by atomic mass is 35.5. The molecule has 0 fully saturated rings. The Morgan fingerprint density at radius 1 is 0.486 bits per heavy atom. The SMILES string of the molecule is C.C.CCCCCC(OC(=O)C[N+](C)(C)CCOC(C)=O)C(O)C/C=C\CCCCCCCC(=O)O.CCCCCC(OC(=O)C[N+](C)(C)CCOC(C)=O)C(O)C/C=C\CCCCCCCC(=O)OCC.[Cl-].[Cl-]. The van der Waals surface area contributed by atoms with Crippen molar-refractivity contribution in [1.29, 1.82) is 0 Å². The minimum Gasteiger partial charge on any atom is -1.00 e. The van der Waals surface area contributed by atoms with E-state index < -0.39 is 30.4 Å². The molecule has 0 saturated carbocycles. The molecule has 4 atom stereocenters. The molecule has 0 radical (unpaired) electrons. The number of unbranched alkanes of at least 4 members (excludes halogenated alkanes) is 14. The van der Waals surface area contributed by atoms with Crippen LogP contribution in [0.4, 0.5) is 0 Å². The van der Waals surface area contributed by atoms with Crippen LogP contribution in [0.25, 0.3) is 0 Å². The average molecular weight is 1100 g/mol. The van der Waals surface area contributed by atoms with Gasteiger partial charge in [-0.15, -0.1) is 0 Å². The molecule has 0 bridgehead atoms. The van der Waals surface area contributed by atoms with Gasteiger partial charge in [-0.05, 0) is 84.0 Å². The molecule has 0 aromatic heterocycles. The summed E-state index contributed by atoms with van der Waals surface area (Å²) in [6, 6.07) is 0. The maximum absolute atomic E-state index is 12.6. The maximum Gasteiger partial charge on any atom is 0.362 e. The Balaban J connectivity index is -0.000000297. The average Bonchev–Trinajstić information content (AvgIpc) is 3.26. The Bertz CT molecular complexity index is 1460. The lowest BCUT2D eigenvalue weighted by atomic mass is 10.0. The summed E-state index contributed by atoms with van der Waals surface area (Å²) in [6.45, 7) is 11.0. The highest BCUT2D eigenvalue weighted by Gasteiger charge is 2.29. The molecule has 0 spiro atoms. The largest absolute Gasteiger partial charge is 1.00 e. The number of allylic oxidation sites excluding steroid dienone is 2. The topological polar surface area (TPSA) is 209 Å². The molecule has 0 amide bonds. The molecule has 0 saturated heterocycles. The summed E-state index contributed by atoms with van der Waals surface area (Å²) in [7, 11) is 7.52. The van der Waals surface area contributed by atoms with E-state index in [9.17, 15) is 39.0 Å². The van der Waals surface area contributed by atoms with E-state index in [1.54, 1.807) is 0 Å². The number of hydrogen-bond acceptors (Lipinski definition) is 13.